The molecule has 0 aliphatic heterocycles. The molecule has 1 heterocycles. The molecule has 0 bridgehead atoms. The lowest BCUT2D eigenvalue weighted by Crippen LogP contribution is -1.94. The van der Waals surface area contributed by atoms with Gasteiger partial charge in [0.15, 0.2) is 0 Å². The molecule has 2 rings (SSSR count). The number of benzene rings is 1. The fourth-order valence-electron chi connectivity index (χ4n) is 1.50. The topological polar surface area (TPSA) is 33.1 Å². The van der Waals surface area contributed by atoms with E-state index in [4.69, 9.17) is 34.8 Å². The fraction of sp³-hybridized carbons (Fsp3) is 0.0833. The van der Waals surface area contributed by atoms with Crippen molar-refractivity contribution in [1.82, 2.24) is 4.98 Å². The number of nitrogens with zero attached hydrogens (tertiary/aromatic N) is 1. The van der Waals surface area contributed by atoms with E-state index in [1.807, 2.05) is 0 Å². The van der Waals surface area contributed by atoms with E-state index in [9.17, 15) is 5.11 Å². The average Bonchev–Trinajstić information content (AvgIpc) is 2.32. The summed E-state index contributed by atoms with van der Waals surface area (Å²) in [5.41, 5.74) is 1.86. The van der Waals surface area contributed by atoms with E-state index < -0.39 is 0 Å². The van der Waals surface area contributed by atoms with Crippen LogP contribution in [0.5, 0.6) is 0 Å². The molecule has 0 aliphatic rings. The highest BCUT2D eigenvalue weighted by Crippen LogP contribution is 2.32. The quantitative estimate of drug-likeness (QED) is 0.840. The minimum absolute atomic E-state index is 0.137. The molecule has 2 nitrogen and oxygen atoms in total. The van der Waals surface area contributed by atoms with Gasteiger partial charge in [-0.25, -0.2) is 4.98 Å². The summed E-state index contributed by atoms with van der Waals surface area (Å²) in [6.45, 7) is -0.137. The largest absolute Gasteiger partial charge is 0.392 e. The van der Waals surface area contributed by atoms with Crippen molar-refractivity contribution in [1.29, 1.82) is 0 Å². The molecule has 0 spiro atoms. The van der Waals surface area contributed by atoms with Gasteiger partial charge in [-0.2, -0.15) is 0 Å². The molecule has 0 aliphatic carbocycles. The van der Waals surface area contributed by atoms with Gasteiger partial charge in [-0.05, 0) is 24.3 Å². The van der Waals surface area contributed by atoms with E-state index in [1.165, 1.54) is 0 Å². The normalized spacial score (nSPS) is 10.6. The molecule has 17 heavy (non-hydrogen) atoms. The Morgan fingerprint density at radius 1 is 1.06 bits per heavy atom. The lowest BCUT2D eigenvalue weighted by atomic mass is 10.1. The van der Waals surface area contributed by atoms with Crippen molar-refractivity contribution in [2.45, 2.75) is 6.61 Å². The van der Waals surface area contributed by atoms with Crippen molar-refractivity contribution in [3.63, 3.8) is 0 Å². The van der Waals surface area contributed by atoms with Gasteiger partial charge >= 0.3 is 0 Å². The van der Waals surface area contributed by atoms with E-state index >= 15 is 0 Å². The Balaban J connectivity index is 2.66. The van der Waals surface area contributed by atoms with Crippen molar-refractivity contribution < 1.29 is 5.11 Å². The molecule has 0 saturated carbocycles. The molecule has 1 N–H and O–H groups in total. The van der Waals surface area contributed by atoms with Gasteiger partial charge in [-0.3, -0.25) is 0 Å². The molecule has 2 aromatic rings. The Hall–Kier alpha value is -0.800. The van der Waals surface area contributed by atoms with Crippen molar-refractivity contribution in [2.75, 3.05) is 0 Å². The van der Waals surface area contributed by atoms with E-state index in [2.05, 4.69) is 4.98 Å². The second kappa shape index (κ2) is 5.23. The van der Waals surface area contributed by atoms with Crippen molar-refractivity contribution >= 4 is 34.8 Å². The van der Waals surface area contributed by atoms with Crippen LogP contribution in [0.4, 0.5) is 0 Å². The van der Waals surface area contributed by atoms with Crippen LogP contribution >= 0.6 is 34.8 Å². The van der Waals surface area contributed by atoms with Gasteiger partial charge in [0.05, 0.1) is 17.3 Å². The Kier molecular flexibility index (Phi) is 3.89. The van der Waals surface area contributed by atoms with E-state index in [0.29, 0.717) is 32.0 Å². The number of rotatable bonds is 2. The van der Waals surface area contributed by atoms with Crippen molar-refractivity contribution in [3.8, 4) is 11.3 Å². The highest BCUT2D eigenvalue weighted by Gasteiger charge is 2.11. The first kappa shape index (κ1) is 12.7. The van der Waals surface area contributed by atoms with Crippen molar-refractivity contribution in [2.24, 2.45) is 0 Å². The SMILES string of the molecule is OCc1ccc(Cl)nc1-c1cc(Cl)ccc1Cl. The maximum atomic E-state index is 9.27. The zero-order valence-electron chi connectivity index (χ0n) is 8.62. The number of pyridine rings is 1. The standard InChI is InChI=1S/C12H8Cl3NO/c13-8-2-3-10(14)9(5-8)12-7(6-17)1-4-11(15)16-12/h1-5,17H,6H2. The first-order valence-electron chi connectivity index (χ1n) is 4.83. The number of hydrogen-bond donors (Lipinski definition) is 1. The average molecular weight is 289 g/mol. The molecule has 0 amide bonds. The minimum atomic E-state index is -0.137. The highest BCUT2D eigenvalue weighted by molar-refractivity contribution is 6.35. The summed E-state index contributed by atoms with van der Waals surface area (Å²) in [6, 6.07) is 8.40. The summed E-state index contributed by atoms with van der Waals surface area (Å²) in [5.74, 6) is 0. The van der Waals surface area contributed by atoms with Crippen LogP contribution in [-0.4, -0.2) is 10.1 Å². The monoisotopic (exact) mass is 287 g/mol. The van der Waals surface area contributed by atoms with Gasteiger partial charge in [-0.1, -0.05) is 40.9 Å². The lowest BCUT2D eigenvalue weighted by Gasteiger charge is -2.09. The highest BCUT2D eigenvalue weighted by atomic mass is 35.5. The fourth-order valence-corrected chi connectivity index (χ4v) is 2.03. The van der Waals surface area contributed by atoms with Crippen LogP contribution in [-0.2, 0) is 6.61 Å². The Morgan fingerprint density at radius 2 is 1.82 bits per heavy atom. The molecule has 88 valence electrons. The van der Waals surface area contributed by atoms with Gasteiger partial charge in [0.1, 0.15) is 5.15 Å². The third-order valence-corrected chi connectivity index (χ3v) is 3.07. The Bertz CT molecular complexity index is 557. The van der Waals surface area contributed by atoms with Crippen LogP contribution < -0.4 is 0 Å². The van der Waals surface area contributed by atoms with E-state index in [1.54, 1.807) is 30.3 Å². The summed E-state index contributed by atoms with van der Waals surface area (Å²) < 4.78 is 0. The number of hydrogen-bond acceptors (Lipinski definition) is 2. The summed E-state index contributed by atoms with van der Waals surface area (Å²) in [6.07, 6.45) is 0. The number of aromatic nitrogens is 1. The molecular weight excluding hydrogens is 280 g/mol. The van der Waals surface area contributed by atoms with E-state index in [-0.39, 0.29) is 6.61 Å². The van der Waals surface area contributed by atoms with Crippen LogP contribution in [0, 0.1) is 0 Å². The van der Waals surface area contributed by atoms with E-state index in [0.717, 1.165) is 0 Å². The molecule has 0 atom stereocenters. The summed E-state index contributed by atoms with van der Waals surface area (Å²) in [7, 11) is 0. The lowest BCUT2D eigenvalue weighted by molar-refractivity contribution is 0.282. The van der Waals surface area contributed by atoms with Gasteiger partial charge in [-0.15, -0.1) is 0 Å². The zero-order valence-corrected chi connectivity index (χ0v) is 10.9. The summed E-state index contributed by atoms with van der Waals surface area (Å²) in [5, 5.41) is 10.7. The maximum absolute atomic E-state index is 9.27. The number of aliphatic hydroxyl groups is 1. The van der Waals surface area contributed by atoms with Crippen LogP contribution in [0.1, 0.15) is 5.56 Å². The van der Waals surface area contributed by atoms with Crippen LogP contribution in [0.2, 0.25) is 15.2 Å². The Morgan fingerprint density at radius 3 is 2.53 bits per heavy atom. The predicted molar refractivity (Wildman–Crippen MR) is 70.6 cm³/mol. The molecule has 0 fully saturated rings. The first-order valence-corrected chi connectivity index (χ1v) is 5.97. The summed E-state index contributed by atoms with van der Waals surface area (Å²) in [4.78, 5) is 4.18. The maximum Gasteiger partial charge on any atom is 0.129 e. The number of halogens is 3. The second-order valence-corrected chi connectivity index (χ2v) is 4.65. The molecule has 0 radical (unpaired) electrons. The van der Waals surface area contributed by atoms with Crippen molar-refractivity contribution in [3.05, 3.63) is 51.1 Å². The number of aliphatic hydroxyl groups excluding tert-OH is 1. The van der Waals surface area contributed by atoms with Gasteiger partial charge in [0, 0.05) is 16.1 Å². The predicted octanol–water partition coefficient (Wildman–Crippen LogP) is 4.20. The first-order chi connectivity index (χ1) is 8.11. The Labute approximate surface area is 114 Å². The molecule has 0 unspecified atom stereocenters. The molecule has 1 aromatic carbocycles. The minimum Gasteiger partial charge on any atom is -0.392 e. The van der Waals surface area contributed by atoms with Gasteiger partial charge in [0.2, 0.25) is 0 Å². The van der Waals surface area contributed by atoms with Crippen LogP contribution in [0.15, 0.2) is 30.3 Å². The van der Waals surface area contributed by atoms with Gasteiger partial charge in [0.25, 0.3) is 0 Å². The molecular formula is C12H8Cl3NO. The summed E-state index contributed by atoms with van der Waals surface area (Å²) >= 11 is 17.9. The molecule has 0 saturated heterocycles. The van der Waals surface area contributed by atoms with Crippen LogP contribution in [0.25, 0.3) is 11.3 Å². The van der Waals surface area contributed by atoms with Crippen LogP contribution in [0.3, 0.4) is 0 Å². The zero-order chi connectivity index (χ0) is 12.4. The van der Waals surface area contributed by atoms with Gasteiger partial charge < -0.3 is 5.11 Å². The molecule has 1 aromatic heterocycles. The smallest absolute Gasteiger partial charge is 0.129 e. The third-order valence-electron chi connectivity index (χ3n) is 2.30. The third kappa shape index (κ3) is 2.72. The molecule has 5 heteroatoms. The second-order valence-electron chi connectivity index (χ2n) is 3.42.